The number of rotatable bonds is 4. The summed E-state index contributed by atoms with van der Waals surface area (Å²) in [5.74, 6) is -1.77. The Morgan fingerprint density at radius 3 is 2.81 bits per heavy atom. The Labute approximate surface area is 121 Å². The number of carboxylic acids is 1. The predicted octanol–water partition coefficient (Wildman–Crippen LogP) is 2.42. The number of aliphatic carboxylic acids is 1. The molecule has 6 nitrogen and oxygen atoms in total. The molecule has 114 valence electrons. The van der Waals surface area contributed by atoms with Crippen LogP contribution in [0.2, 0.25) is 0 Å². The predicted molar refractivity (Wildman–Crippen MR) is 73.3 cm³/mol. The van der Waals surface area contributed by atoms with Gasteiger partial charge in [-0.3, -0.25) is 19.8 Å². The first kappa shape index (κ1) is 15.4. The summed E-state index contributed by atoms with van der Waals surface area (Å²) in [7, 11) is 0. The number of nitro groups is 1. The van der Waals surface area contributed by atoms with Gasteiger partial charge in [0.15, 0.2) is 0 Å². The van der Waals surface area contributed by atoms with Gasteiger partial charge in [0.1, 0.15) is 5.82 Å². The number of likely N-dealkylation sites (tertiary alicyclic amines) is 1. The molecule has 0 saturated carbocycles. The van der Waals surface area contributed by atoms with Gasteiger partial charge in [0, 0.05) is 18.7 Å². The van der Waals surface area contributed by atoms with Crippen molar-refractivity contribution in [2.75, 3.05) is 6.54 Å². The highest BCUT2D eigenvalue weighted by Crippen LogP contribution is 2.26. The molecule has 1 aliphatic rings. The van der Waals surface area contributed by atoms with Crippen LogP contribution in [0.5, 0.6) is 0 Å². The first-order valence-electron chi connectivity index (χ1n) is 6.77. The van der Waals surface area contributed by atoms with Crippen LogP contribution < -0.4 is 0 Å². The third-order valence-electron chi connectivity index (χ3n) is 3.90. The lowest BCUT2D eigenvalue weighted by atomic mass is 9.91. The van der Waals surface area contributed by atoms with Gasteiger partial charge in [0.25, 0.3) is 5.69 Å². The van der Waals surface area contributed by atoms with E-state index in [9.17, 15) is 19.3 Å². The molecule has 1 aromatic carbocycles. The average Bonchev–Trinajstić information content (AvgIpc) is 2.40. The molecule has 1 N–H and O–H groups in total. The maximum atomic E-state index is 13.4. The lowest BCUT2D eigenvalue weighted by molar-refractivity contribution is -0.385. The standard InChI is InChI=1S/C14H17FN2O4/c1-9-4-11(14(18)19)2-3-16(9)8-10-5-12(15)7-13(6-10)17(20)21/h5-7,9,11H,2-4,8H2,1H3,(H,18,19). The van der Waals surface area contributed by atoms with Gasteiger partial charge in [-0.05, 0) is 37.9 Å². The topological polar surface area (TPSA) is 83.7 Å². The smallest absolute Gasteiger partial charge is 0.306 e. The lowest BCUT2D eigenvalue weighted by Crippen LogP contribution is -2.42. The van der Waals surface area contributed by atoms with Crippen LogP contribution in [-0.2, 0) is 11.3 Å². The molecule has 0 aliphatic carbocycles. The van der Waals surface area contributed by atoms with Crippen LogP contribution in [-0.4, -0.2) is 33.5 Å². The summed E-state index contributed by atoms with van der Waals surface area (Å²) in [6.45, 7) is 2.89. The summed E-state index contributed by atoms with van der Waals surface area (Å²) >= 11 is 0. The van der Waals surface area contributed by atoms with Gasteiger partial charge in [-0.15, -0.1) is 0 Å². The van der Waals surface area contributed by atoms with E-state index >= 15 is 0 Å². The highest BCUT2D eigenvalue weighted by atomic mass is 19.1. The van der Waals surface area contributed by atoms with Crippen molar-refractivity contribution in [1.29, 1.82) is 0 Å². The Kier molecular flexibility index (Phi) is 4.52. The van der Waals surface area contributed by atoms with Gasteiger partial charge < -0.3 is 5.11 Å². The molecular formula is C14H17FN2O4. The molecule has 0 aromatic heterocycles. The molecule has 1 heterocycles. The second kappa shape index (κ2) is 6.17. The fourth-order valence-corrected chi connectivity index (χ4v) is 2.74. The van der Waals surface area contributed by atoms with Crippen LogP contribution in [0, 0.1) is 21.8 Å². The van der Waals surface area contributed by atoms with Gasteiger partial charge in [-0.2, -0.15) is 0 Å². The molecule has 2 atom stereocenters. The molecular weight excluding hydrogens is 279 g/mol. The van der Waals surface area contributed by atoms with E-state index in [-0.39, 0.29) is 17.6 Å². The molecule has 2 unspecified atom stereocenters. The van der Waals surface area contributed by atoms with Crippen LogP contribution in [0.15, 0.2) is 18.2 Å². The second-order valence-electron chi connectivity index (χ2n) is 5.45. The minimum absolute atomic E-state index is 0.0437. The number of hydrogen-bond donors (Lipinski definition) is 1. The SMILES string of the molecule is CC1CC(C(=O)O)CCN1Cc1cc(F)cc([N+](=O)[O-])c1. The zero-order valence-electron chi connectivity index (χ0n) is 11.7. The van der Waals surface area contributed by atoms with Crippen molar-refractivity contribution >= 4 is 11.7 Å². The fraction of sp³-hybridized carbons (Fsp3) is 0.500. The van der Waals surface area contributed by atoms with Crippen LogP contribution in [0.25, 0.3) is 0 Å². The molecule has 0 spiro atoms. The lowest BCUT2D eigenvalue weighted by Gasteiger charge is -2.36. The normalized spacial score (nSPS) is 23.0. The first-order chi connectivity index (χ1) is 9.86. The van der Waals surface area contributed by atoms with E-state index < -0.39 is 16.7 Å². The third kappa shape index (κ3) is 3.75. The monoisotopic (exact) mass is 296 g/mol. The molecule has 1 aliphatic heterocycles. The zero-order valence-corrected chi connectivity index (χ0v) is 11.7. The fourth-order valence-electron chi connectivity index (χ4n) is 2.74. The van der Waals surface area contributed by atoms with Crippen molar-refractivity contribution in [2.45, 2.75) is 32.4 Å². The summed E-state index contributed by atoms with van der Waals surface area (Å²) in [6, 6.07) is 3.58. The van der Waals surface area contributed by atoms with Crippen LogP contribution in [0.3, 0.4) is 0 Å². The zero-order chi connectivity index (χ0) is 15.6. The molecule has 1 saturated heterocycles. The van der Waals surface area contributed by atoms with Crippen molar-refractivity contribution in [3.63, 3.8) is 0 Å². The number of non-ortho nitro benzene ring substituents is 1. The Bertz CT molecular complexity index is 564. The second-order valence-corrected chi connectivity index (χ2v) is 5.45. The van der Waals surface area contributed by atoms with E-state index in [1.54, 1.807) is 0 Å². The molecule has 1 aromatic rings. The number of nitro benzene ring substituents is 1. The Balaban J connectivity index is 2.08. The van der Waals surface area contributed by atoms with Gasteiger partial charge in [-0.1, -0.05) is 0 Å². The van der Waals surface area contributed by atoms with E-state index in [1.807, 2.05) is 11.8 Å². The first-order valence-corrected chi connectivity index (χ1v) is 6.77. The minimum atomic E-state index is -0.789. The van der Waals surface area contributed by atoms with Crippen molar-refractivity contribution in [3.05, 3.63) is 39.7 Å². The van der Waals surface area contributed by atoms with E-state index in [0.29, 0.717) is 31.5 Å². The van der Waals surface area contributed by atoms with Crippen molar-refractivity contribution < 1.29 is 19.2 Å². The highest BCUT2D eigenvalue weighted by Gasteiger charge is 2.29. The Morgan fingerprint density at radius 1 is 1.52 bits per heavy atom. The number of halogens is 1. The molecule has 1 fully saturated rings. The minimum Gasteiger partial charge on any atom is -0.481 e. The van der Waals surface area contributed by atoms with E-state index in [1.165, 1.54) is 12.1 Å². The van der Waals surface area contributed by atoms with Gasteiger partial charge >= 0.3 is 5.97 Å². The molecule has 7 heteroatoms. The summed E-state index contributed by atoms with van der Waals surface area (Å²) in [6.07, 6.45) is 1.07. The Hall–Kier alpha value is -2.02. The number of benzene rings is 1. The van der Waals surface area contributed by atoms with Crippen molar-refractivity contribution in [2.24, 2.45) is 5.92 Å². The molecule has 0 amide bonds. The summed E-state index contributed by atoms with van der Waals surface area (Å²) < 4.78 is 13.4. The van der Waals surface area contributed by atoms with Crippen molar-refractivity contribution in [3.8, 4) is 0 Å². The number of piperidine rings is 1. The number of carboxylic acid groups (broad SMARTS) is 1. The third-order valence-corrected chi connectivity index (χ3v) is 3.90. The summed E-state index contributed by atoms with van der Waals surface area (Å²) in [4.78, 5) is 23.1. The molecule has 21 heavy (non-hydrogen) atoms. The number of hydrogen-bond acceptors (Lipinski definition) is 4. The number of carbonyl (C=O) groups is 1. The van der Waals surface area contributed by atoms with E-state index in [2.05, 4.69) is 0 Å². The summed E-state index contributed by atoms with van der Waals surface area (Å²) in [5, 5.41) is 19.8. The quantitative estimate of drug-likeness (QED) is 0.681. The van der Waals surface area contributed by atoms with Gasteiger partial charge in [0.2, 0.25) is 0 Å². The van der Waals surface area contributed by atoms with Gasteiger partial charge in [0.05, 0.1) is 16.9 Å². The van der Waals surface area contributed by atoms with E-state index in [0.717, 1.165) is 6.07 Å². The highest BCUT2D eigenvalue weighted by molar-refractivity contribution is 5.70. The molecule has 2 rings (SSSR count). The molecule has 0 bridgehead atoms. The molecule has 0 radical (unpaired) electrons. The average molecular weight is 296 g/mol. The van der Waals surface area contributed by atoms with Gasteiger partial charge in [-0.25, -0.2) is 4.39 Å². The van der Waals surface area contributed by atoms with Crippen LogP contribution in [0.1, 0.15) is 25.3 Å². The maximum absolute atomic E-state index is 13.4. The van der Waals surface area contributed by atoms with Crippen molar-refractivity contribution in [1.82, 2.24) is 4.90 Å². The summed E-state index contributed by atoms with van der Waals surface area (Å²) in [5.41, 5.74) is 0.264. The maximum Gasteiger partial charge on any atom is 0.306 e. The van der Waals surface area contributed by atoms with Crippen LogP contribution in [0.4, 0.5) is 10.1 Å². The number of nitrogens with zero attached hydrogens (tertiary/aromatic N) is 2. The van der Waals surface area contributed by atoms with Crippen LogP contribution >= 0.6 is 0 Å². The van der Waals surface area contributed by atoms with E-state index in [4.69, 9.17) is 5.11 Å². The Morgan fingerprint density at radius 2 is 2.24 bits per heavy atom. The largest absolute Gasteiger partial charge is 0.481 e.